The number of carbonyl (C=O) groups excluding carboxylic acids is 1. The number of amides is 1. The van der Waals surface area contributed by atoms with Crippen LogP contribution in [0.1, 0.15) is 11.1 Å². The Bertz CT molecular complexity index is 448. The van der Waals surface area contributed by atoms with E-state index in [1.807, 2.05) is 25.2 Å². The molecule has 0 bridgehead atoms. The summed E-state index contributed by atoms with van der Waals surface area (Å²) in [4.78, 5) is 13.5. The first-order valence-corrected chi connectivity index (χ1v) is 6.10. The molecule has 1 aromatic carbocycles. The van der Waals surface area contributed by atoms with Gasteiger partial charge in [0.25, 0.3) is 0 Å². The van der Waals surface area contributed by atoms with Gasteiger partial charge in [-0.05, 0) is 24.2 Å². The molecule has 1 atom stereocenters. The molecule has 98 valence electrons. The van der Waals surface area contributed by atoms with Crippen molar-refractivity contribution in [3.05, 3.63) is 29.3 Å². The predicted molar refractivity (Wildman–Crippen MR) is 70.3 cm³/mol. The van der Waals surface area contributed by atoms with E-state index < -0.39 is 6.10 Å². The van der Waals surface area contributed by atoms with Crippen LogP contribution in [0.2, 0.25) is 0 Å². The van der Waals surface area contributed by atoms with Crippen LogP contribution in [0.15, 0.2) is 18.2 Å². The van der Waals surface area contributed by atoms with Gasteiger partial charge in [-0.15, -0.1) is 0 Å². The molecule has 1 aliphatic rings. The first-order valence-electron chi connectivity index (χ1n) is 6.10. The molecule has 0 saturated heterocycles. The molecular weight excluding hydrogens is 230 g/mol. The van der Waals surface area contributed by atoms with E-state index in [0.717, 1.165) is 23.4 Å². The fraction of sp³-hybridized carbons (Fsp3) is 0.462. The number of carbonyl (C=O) groups is 1. The van der Waals surface area contributed by atoms with Crippen LogP contribution in [0.25, 0.3) is 0 Å². The summed E-state index contributed by atoms with van der Waals surface area (Å²) < 4.78 is 0. The van der Waals surface area contributed by atoms with Gasteiger partial charge in [-0.3, -0.25) is 4.79 Å². The highest BCUT2D eigenvalue weighted by atomic mass is 16.3. The topological polar surface area (TPSA) is 78.6 Å². The Morgan fingerprint density at radius 1 is 1.56 bits per heavy atom. The summed E-state index contributed by atoms with van der Waals surface area (Å²) in [5.74, 6) is 0.0270. The molecule has 0 fully saturated rings. The molecule has 0 radical (unpaired) electrons. The van der Waals surface area contributed by atoms with E-state index in [9.17, 15) is 9.90 Å². The predicted octanol–water partition coefficient (Wildman–Crippen LogP) is -0.385. The summed E-state index contributed by atoms with van der Waals surface area (Å²) >= 11 is 0. The van der Waals surface area contributed by atoms with Gasteiger partial charge < -0.3 is 21.1 Å². The number of rotatable bonds is 5. The summed E-state index contributed by atoms with van der Waals surface area (Å²) in [5, 5.41) is 12.7. The normalized spacial score (nSPS) is 15.9. The highest BCUT2D eigenvalue weighted by Crippen LogP contribution is 2.29. The number of β-amino-alcohol motifs (C(OH)–C–C–N with tert-alkyl or cyclic N) is 1. The fourth-order valence-electron chi connectivity index (χ4n) is 2.24. The van der Waals surface area contributed by atoms with Crippen molar-refractivity contribution in [2.75, 3.05) is 25.0 Å². The van der Waals surface area contributed by atoms with Crippen molar-refractivity contribution >= 4 is 11.6 Å². The number of anilines is 1. The average Bonchev–Trinajstić information content (AvgIpc) is 2.65. The molecule has 2 rings (SSSR count). The Labute approximate surface area is 107 Å². The van der Waals surface area contributed by atoms with Crippen molar-refractivity contribution in [1.29, 1.82) is 0 Å². The zero-order valence-corrected chi connectivity index (χ0v) is 10.5. The highest BCUT2D eigenvalue weighted by molar-refractivity contribution is 6.01. The number of nitrogens with one attached hydrogen (secondary N) is 1. The number of fused-ring (bicyclic) bond motifs is 1. The number of hydrogen-bond donors (Lipinski definition) is 3. The first kappa shape index (κ1) is 13.0. The van der Waals surface area contributed by atoms with E-state index in [0.29, 0.717) is 6.42 Å². The lowest BCUT2D eigenvalue weighted by atomic mass is 10.1. The molecule has 18 heavy (non-hydrogen) atoms. The lowest BCUT2D eigenvalue weighted by molar-refractivity contribution is -0.117. The molecule has 0 aromatic heterocycles. The summed E-state index contributed by atoms with van der Waals surface area (Å²) in [6.45, 7) is 1.22. The number of aliphatic hydroxyl groups is 1. The molecule has 1 heterocycles. The summed E-state index contributed by atoms with van der Waals surface area (Å²) in [5.41, 5.74) is 8.46. The Morgan fingerprint density at radius 2 is 2.33 bits per heavy atom. The van der Waals surface area contributed by atoms with Gasteiger partial charge in [0, 0.05) is 18.8 Å². The van der Waals surface area contributed by atoms with Crippen molar-refractivity contribution in [1.82, 2.24) is 5.32 Å². The minimum Gasteiger partial charge on any atom is -0.390 e. The molecule has 1 amide bonds. The van der Waals surface area contributed by atoms with Gasteiger partial charge in [0.05, 0.1) is 19.1 Å². The van der Waals surface area contributed by atoms with Crippen molar-refractivity contribution in [2.24, 2.45) is 5.73 Å². The first-order chi connectivity index (χ1) is 8.65. The van der Waals surface area contributed by atoms with Crippen LogP contribution in [0, 0.1) is 0 Å². The third kappa shape index (κ3) is 2.53. The minimum absolute atomic E-state index is 0.0270. The van der Waals surface area contributed by atoms with Crippen molar-refractivity contribution in [2.45, 2.75) is 19.1 Å². The maximum Gasteiger partial charge on any atom is 0.231 e. The van der Waals surface area contributed by atoms with E-state index in [-0.39, 0.29) is 19.0 Å². The zero-order valence-electron chi connectivity index (χ0n) is 10.5. The van der Waals surface area contributed by atoms with Crippen LogP contribution in [-0.4, -0.2) is 37.3 Å². The maximum atomic E-state index is 11.9. The van der Waals surface area contributed by atoms with Gasteiger partial charge in [0.1, 0.15) is 0 Å². The lowest BCUT2D eigenvalue weighted by Gasteiger charge is -2.20. The number of nitrogens with two attached hydrogens (primary N) is 1. The second-order valence-electron chi connectivity index (χ2n) is 4.56. The van der Waals surface area contributed by atoms with Gasteiger partial charge in [0.2, 0.25) is 5.91 Å². The molecule has 0 spiro atoms. The van der Waals surface area contributed by atoms with E-state index >= 15 is 0 Å². The Kier molecular flexibility index (Phi) is 3.96. The molecule has 0 saturated carbocycles. The average molecular weight is 249 g/mol. The minimum atomic E-state index is -0.670. The van der Waals surface area contributed by atoms with Crippen LogP contribution < -0.4 is 16.0 Å². The summed E-state index contributed by atoms with van der Waals surface area (Å²) in [7, 11) is 1.89. The van der Waals surface area contributed by atoms with E-state index in [2.05, 4.69) is 5.32 Å². The molecule has 4 N–H and O–H groups in total. The van der Waals surface area contributed by atoms with Gasteiger partial charge >= 0.3 is 0 Å². The third-order valence-corrected chi connectivity index (χ3v) is 3.12. The maximum absolute atomic E-state index is 11.9. The van der Waals surface area contributed by atoms with E-state index in [1.54, 1.807) is 4.90 Å². The number of benzene rings is 1. The van der Waals surface area contributed by atoms with E-state index in [4.69, 9.17) is 5.73 Å². The molecule has 5 heteroatoms. The molecule has 5 nitrogen and oxygen atoms in total. The Balaban J connectivity index is 2.21. The van der Waals surface area contributed by atoms with Crippen molar-refractivity contribution in [3.8, 4) is 0 Å². The zero-order chi connectivity index (χ0) is 13.1. The van der Waals surface area contributed by atoms with Crippen molar-refractivity contribution in [3.63, 3.8) is 0 Å². The number of nitrogens with zero attached hydrogens (tertiary/aromatic N) is 1. The van der Waals surface area contributed by atoms with E-state index in [1.165, 1.54) is 0 Å². The van der Waals surface area contributed by atoms with Gasteiger partial charge in [0.15, 0.2) is 0 Å². The molecule has 1 unspecified atom stereocenters. The largest absolute Gasteiger partial charge is 0.390 e. The van der Waals surface area contributed by atoms with Crippen LogP contribution in [0.5, 0.6) is 0 Å². The fourth-order valence-corrected chi connectivity index (χ4v) is 2.24. The molecule has 1 aliphatic heterocycles. The Morgan fingerprint density at radius 3 is 3.00 bits per heavy atom. The molecule has 0 aliphatic carbocycles. The molecular formula is C13H19N3O2. The SMILES string of the molecule is CNCc1ccc2c(c1)CC(=O)N2CC(O)CN. The molecule has 1 aromatic rings. The van der Waals surface area contributed by atoms with Crippen LogP contribution in [-0.2, 0) is 17.8 Å². The highest BCUT2D eigenvalue weighted by Gasteiger charge is 2.28. The van der Waals surface area contributed by atoms with Gasteiger partial charge in [-0.2, -0.15) is 0 Å². The van der Waals surface area contributed by atoms with Crippen LogP contribution in [0.4, 0.5) is 5.69 Å². The van der Waals surface area contributed by atoms with Gasteiger partial charge in [-0.25, -0.2) is 0 Å². The summed E-state index contributed by atoms with van der Waals surface area (Å²) in [6, 6.07) is 5.98. The second kappa shape index (κ2) is 5.48. The summed E-state index contributed by atoms with van der Waals surface area (Å²) in [6.07, 6.45) is -0.263. The Hall–Kier alpha value is -1.43. The van der Waals surface area contributed by atoms with Crippen LogP contribution in [0.3, 0.4) is 0 Å². The standard InChI is InChI=1S/C13H19N3O2/c1-15-7-9-2-3-12-10(4-9)5-13(18)16(12)8-11(17)6-14/h2-4,11,15,17H,5-8,14H2,1H3. The van der Waals surface area contributed by atoms with Gasteiger partial charge in [-0.1, -0.05) is 12.1 Å². The van der Waals surface area contributed by atoms with Crippen molar-refractivity contribution < 1.29 is 9.90 Å². The smallest absolute Gasteiger partial charge is 0.231 e. The monoisotopic (exact) mass is 249 g/mol. The lowest BCUT2D eigenvalue weighted by Crippen LogP contribution is -2.38. The number of hydrogen-bond acceptors (Lipinski definition) is 4. The second-order valence-corrected chi connectivity index (χ2v) is 4.56. The number of aliphatic hydroxyl groups excluding tert-OH is 1. The third-order valence-electron chi connectivity index (χ3n) is 3.12. The quantitative estimate of drug-likeness (QED) is 0.664. The van der Waals surface area contributed by atoms with Crippen LogP contribution >= 0.6 is 0 Å².